The Bertz CT molecular complexity index is 328. The lowest BCUT2D eigenvalue weighted by Gasteiger charge is -2.21. The molecule has 1 aromatic rings. The molecular formula is C13H15O. The molecule has 1 nitrogen and oxygen atoms in total. The monoisotopic (exact) mass is 187 g/mol. The zero-order valence-corrected chi connectivity index (χ0v) is 8.49. The predicted octanol–water partition coefficient (Wildman–Crippen LogP) is 3.37. The van der Waals surface area contributed by atoms with Crippen LogP contribution in [0.3, 0.4) is 0 Å². The molecule has 1 unspecified atom stereocenters. The van der Waals surface area contributed by atoms with E-state index in [1.165, 1.54) is 11.1 Å². The normalized spacial score (nSPS) is 19.4. The van der Waals surface area contributed by atoms with Crippen molar-refractivity contribution >= 4 is 6.08 Å². The molecule has 1 atom stereocenters. The summed E-state index contributed by atoms with van der Waals surface area (Å²) in [5.74, 6) is 0. The predicted molar refractivity (Wildman–Crippen MR) is 57.8 cm³/mol. The first kappa shape index (κ1) is 9.47. The van der Waals surface area contributed by atoms with Gasteiger partial charge in [-0.25, -0.2) is 0 Å². The summed E-state index contributed by atoms with van der Waals surface area (Å²) in [5, 5.41) is 0. The van der Waals surface area contributed by atoms with Gasteiger partial charge in [0.15, 0.2) is 0 Å². The van der Waals surface area contributed by atoms with E-state index in [0.29, 0.717) is 0 Å². The van der Waals surface area contributed by atoms with E-state index in [2.05, 4.69) is 43.3 Å². The van der Waals surface area contributed by atoms with Gasteiger partial charge in [0.1, 0.15) is 0 Å². The van der Waals surface area contributed by atoms with Crippen LogP contribution in [0.5, 0.6) is 0 Å². The van der Waals surface area contributed by atoms with Crippen molar-refractivity contribution in [1.29, 1.82) is 0 Å². The van der Waals surface area contributed by atoms with Crippen LogP contribution in [-0.4, -0.2) is 6.61 Å². The summed E-state index contributed by atoms with van der Waals surface area (Å²) in [7, 11) is 0. The fourth-order valence-corrected chi connectivity index (χ4v) is 1.73. The molecule has 73 valence electrons. The van der Waals surface area contributed by atoms with Gasteiger partial charge in [-0.3, -0.25) is 0 Å². The first-order chi connectivity index (χ1) is 6.92. The lowest BCUT2D eigenvalue weighted by molar-refractivity contribution is 0.0531. The van der Waals surface area contributed by atoms with Gasteiger partial charge in [0.25, 0.3) is 0 Å². The van der Waals surface area contributed by atoms with Crippen molar-refractivity contribution in [3.63, 3.8) is 0 Å². The quantitative estimate of drug-likeness (QED) is 0.705. The van der Waals surface area contributed by atoms with E-state index in [1.807, 2.05) is 0 Å². The highest BCUT2D eigenvalue weighted by molar-refractivity contribution is 5.55. The van der Waals surface area contributed by atoms with Crippen LogP contribution in [0.1, 0.15) is 37.0 Å². The van der Waals surface area contributed by atoms with Crippen LogP contribution in [0.2, 0.25) is 0 Å². The minimum absolute atomic E-state index is 0.219. The maximum atomic E-state index is 5.78. The van der Waals surface area contributed by atoms with Gasteiger partial charge < -0.3 is 4.74 Å². The maximum Gasteiger partial charge on any atom is 0.0871 e. The summed E-state index contributed by atoms with van der Waals surface area (Å²) in [6, 6.07) is 8.39. The summed E-state index contributed by atoms with van der Waals surface area (Å²) in [6.07, 6.45) is 7.48. The number of benzene rings is 1. The van der Waals surface area contributed by atoms with Gasteiger partial charge in [-0.1, -0.05) is 37.3 Å². The second-order valence-electron chi connectivity index (χ2n) is 3.54. The molecule has 0 amide bonds. The lowest BCUT2D eigenvalue weighted by Crippen LogP contribution is -2.08. The summed E-state index contributed by atoms with van der Waals surface area (Å²) in [4.78, 5) is 0. The molecule has 0 saturated heterocycles. The minimum atomic E-state index is 0.219. The third-order valence-corrected chi connectivity index (χ3v) is 2.43. The van der Waals surface area contributed by atoms with Crippen LogP contribution in [0, 0.1) is 6.08 Å². The molecule has 0 aromatic heterocycles. The van der Waals surface area contributed by atoms with Gasteiger partial charge >= 0.3 is 0 Å². The van der Waals surface area contributed by atoms with Crippen LogP contribution in [0.15, 0.2) is 24.3 Å². The highest BCUT2D eigenvalue weighted by Gasteiger charge is 2.16. The van der Waals surface area contributed by atoms with Crippen molar-refractivity contribution in [2.75, 3.05) is 6.61 Å². The Morgan fingerprint density at radius 2 is 2.29 bits per heavy atom. The molecule has 1 radical (unpaired) electrons. The zero-order valence-electron chi connectivity index (χ0n) is 8.49. The molecular weight excluding hydrogens is 172 g/mol. The molecule has 1 aliphatic carbocycles. The van der Waals surface area contributed by atoms with E-state index in [0.717, 1.165) is 19.4 Å². The molecule has 1 heteroatoms. The average molecular weight is 187 g/mol. The van der Waals surface area contributed by atoms with Gasteiger partial charge in [0.05, 0.1) is 6.10 Å². The van der Waals surface area contributed by atoms with Crippen LogP contribution in [0.25, 0.3) is 6.08 Å². The molecule has 14 heavy (non-hydrogen) atoms. The summed E-state index contributed by atoms with van der Waals surface area (Å²) >= 11 is 0. The SMILES string of the molecule is CCCOC1C[C]=Cc2ccccc21. The Balaban J connectivity index is 2.18. The Kier molecular flexibility index (Phi) is 3.00. The molecule has 1 aliphatic rings. The number of rotatable bonds is 3. The lowest BCUT2D eigenvalue weighted by atomic mass is 9.95. The molecule has 0 heterocycles. The van der Waals surface area contributed by atoms with Crippen molar-refractivity contribution < 1.29 is 4.74 Å². The van der Waals surface area contributed by atoms with Crippen LogP contribution in [-0.2, 0) is 4.74 Å². The van der Waals surface area contributed by atoms with Crippen molar-refractivity contribution in [3.8, 4) is 0 Å². The fourth-order valence-electron chi connectivity index (χ4n) is 1.73. The second kappa shape index (κ2) is 4.43. The van der Waals surface area contributed by atoms with Crippen LogP contribution < -0.4 is 0 Å². The number of hydrogen-bond acceptors (Lipinski definition) is 1. The summed E-state index contributed by atoms with van der Waals surface area (Å²) < 4.78 is 5.78. The van der Waals surface area contributed by atoms with Gasteiger partial charge in [-0.05, 0) is 23.6 Å². The third-order valence-electron chi connectivity index (χ3n) is 2.43. The highest BCUT2D eigenvalue weighted by atomic mass is 16.5. The molecule has 0 saturated carbocycles. The van der Waals surface area contributed by atoms with E-state index in [9.17, 15) is 0 Å². The van der Waals surface area contributed by atoms with Crippen molar-refractivity contribution in [3.05, 3.63) is 41.5 Å². The van der Waals surface area contributed by atoms with E-state index in [4.69, 9.17) is 4.74 Å². The van der Waals surface area contributed by atoms with Crippen molar-refractivity contribution in [2.24, 2.45) is 0 Å². The first-order valence-corrected chi connectivity index (χ1v) is 5.19. The fraction of sp³-hybridized carbons (Fsp3) is 0.385. The Hall–Kier alpha value is -1.08. The highest BCUT2D eigenvalue weighted by Crippen LogP contribution is 2.29. The average Bonchev–Trinajstić information content (AvgIpc) is 2.26. The van der Waals surface area contributed by atoms with Gasteiger partial charge in [-0.15, -0.1) is 0 Å². The molecule has 0 spiro atoms. The molecule has 2 rings (SSSR count). The molecule has 0 fully saturated rings. The largest absolute Gasteiger partial charge is 0.373 e. The van der Waals surface area contributed by atoms with Crippen molar-refractivity contribution in [1.82, 2.24) is 0 Å². The minimum Gasteiger partial charge on any atom is -0.373 e. The van der Waals surface area contributed by atoms with E-state index < -0.39 is 0 Å². The summed E-state index contributed by atoms with van der Waals surface area (Å²) in [6.45, 7) is 2.97. The number of ether oxygens (including phenoxy) is 1. The van der Waals surface area contributed by atoms with E-state index in [1.54, 1.807) is 0 Å². The third kappa shape index (κ3) is 1.88. The molecule has 1 aromatic carbocycles. The van der Waals surface area contributed by atoms with Crippen LogP contribution in [0.4, 0.5) is 0 Å². The number of fused-ring (bicyclic) bond motifs is 1. The van der Waals surface area contributed by atoms with E-state index in [-0.39, 0.29) is 6.10 Å². The first-order valence-electron chi connectivity index (χ1n) is 5.19. The Labute approximate surface area is 85.4 Å². The van der Waals surface area contributed by atoms with Gasteiger partial charge in [0.2, 0.25) is 0 Å². The standard InChI is InChI=1S/C13H15O/c1-2-10-14-13-9-5-7-11-6-3-4-8-12(11)13/h3-4,6-8,13H,2,9-10H2,1H3. The smallest absolute Gasteiger partial charge is 0.0871 e. The topological polar surface area (TPSA) is 9.23 Å². The number of hydrogen-bond donors (Lipinski definition) is 0. The Morgan fingerprint density at radius 3 is 3.14 bits per heavy atom. The maximum absolute atomic E-state index is 5.78. The molecule has 0 bridgehead atoms. The van der Waals surface area contributed by atoms with E-state index >= 15 is 0 Å². The van der Waals surface area contributed by atoms with Crippen LogP contribution >= 0.6 is 0 Å². The zero-order chi connectivity index (χ0) is 9.80. The second-order valence-corrected chi connectivity index (χ2v) is 3.54. The van der Waals surface area contributed by atoms with Gasteiger partial charge in [0, 0.05) is 13.0 Å². The molecule has 0 N–H and O–H groups in total. The van der Waals surface area contributed by atoms with Gasteiger partial charge in [-0.2, -0.15) is 0 Å². The summed E-state index contributed by atoms with van der Waals surface area (Å²) in [5.41, 5.74) is 2.56. The Morgan fingerprint density at radius 1 is 1.43 bits per heavy atom. The molecule has 0 aliphatic heterocycles. The van der Waals surface area contributed by atoms with Crippen molar-refractivity contribution in [2.45, 2.75) is 25.9 Å².